The van der Waals surface area contributed by atoms with Crippen LogP contribution in [-0.4, -0.2) is 47.5 Å². The van der Waals surface area contributed by atoms with E-state index >= 15 is 0 Å². The van der Waals surface area contributed by atoms with Crippen molar-refractivity contribution in [3.05, 3.63) is 35.4 Å². The molecule has 0 bridgehead atoms. The lowest BCUT2D eigenvalue weighted by atomic mass is 10.1. The third-order valence-corrected chi connectivity index (χ3v) is 4.26. The lowest BCUT2D eigenvalue weighted by molar-refractivity contribution is -0.122. The van der Waals surface area contributed by atoms with Crippen LogP contribution in [0.15, 0.2) is 24.3 Å². The predicted molar refractivity (Wildman–Crippen MR) is 103 cm³/mol. The zero-order chi connectivity index (χ0) is 21.0. The number of nitrogens with zero attached hydrogens (tertiary/aromatic N) is 1. The van der Waals surface area contributed by atoms with E-state index < -0.39 is 36.0 Å². The van der Waals surface area contributed by atoms with E-state index in [9.17, 15) is 14.4 Å². The van der Waals surface area contributed by atoms with Crippen LogP contribution < -0.4 is 5.32 Å². The summed E-state index contributed by atoms with van der Waals surface area (Å²) in [5.74, 6) is 1.55. The van der Waals surface area contributed by atoms with Gasteiger partial charge in [-0.25, -0.2) is 9.69 Å². The van der Waals surface area contributed by atoms with Gasteiger partial charge in [-0.15, -0.1) is 0 Å². The van der Waals surface area contributed by atoms with Crippen LogP contribution >= 0.6 is 0 Å². The Bertz CT molecular complexity index is 823. The number of rotatable bonds is 3. The fourth-order valence-corrected chi connectivity index (χ4v) is 2.99. The van der Waals surface area contributed by atoms with Gasteiger partial charge >= 0.3 is 6.09 Å². The van der Waals surface area contributed by atoms with E-state index in [1.807, 2.05) is 0 Å². The SMILES string of the molecule is CC(C)(C)OC(=O)NC(C#CO[C@H]1CCCCO1)N1C(=O)c2ccccc2C1=O. The smallest absolute Gasteiger partial charge is 0.410 e. The van der Waals surface area contributed by atoms with Crippen LogP contribution in [0.2, 0.25) is 0 Å². The minimum Gasteiger partial charge on any atom is -0.444 e. The molecular formula is C21H24N2O6. The van der Waals surface area contributed by atoms with Crippen molar-refractivity contribution in [1.82, 2.24) is 10.2 Å². The number of hydrogen-bond donors (Lipinski definition) is 1. The minimum absolute atomic E-state index is 0.256. The van der Waals surface area contributed by atoms with Crippen LogP contribution in [0.25, 0.3) is 0 Å². The quantitative estimate of drug-likeness (QED) is 0.619. The molecule has 154 valence electrons. The first-order chi connectivity index (χ1) is 13.8. The van der Waals surface area contributed by atoms with E-state index in [1.165, 1.54) is 0 Å². The fourth-order valence-electron chi connectivity index (χ4n) is 2.99. The summed E-state index contributed by atoms with van der Waals surface area (Å²) >= 11 is 0. The molecule has 0 saturated carbocycles. The molecular weight excluding hydrogens is 376 g/mol. The molecule has 3 amide bonds. The highest BCUT2D eigenvalue weighted by atomic mass is 16.7. The second kappa shape index (κ2) is 8.53. The van der Waals surface area contributed by atoms with Crippen LogP contribution in [0.5, 0.6) is 0 Å². The van der Waals surface area contributed by atoms with Gasteiger partial charge in [0.05, 0.1) is 17.7 Å². The first kappa shape index (κ1) is 20.7. The standard InChI is InChI=1S/C21H24N2O6/c1-21(2,3)29-20(26)22-16(11-13-28-17-10-6-7-12-27-17)23-18(24)14-8-4-5-9-15(14)19(23)25/h4-5,8-9,16-17H,6-7,10,12H2,1-3H3,(H,22,26)/t16?,17-/m0/s1. The highest BCUT2D eigenvalue weighted by Gasteiger charge is 2.40. The van der Waals surface area contributed by atoms with Gasteiger partial charge in [0.25, 0.3) is 11.8 Å². The molecule has 1 fully saturated rings. The summed E-state index contributed by atoms with van der Waals surface area (Å²) in [6, 6.07) is 6.44. The van der Waals surface area contributed by atoms with Crippen LogP contribution in [0, 0.1) is 12.0 Å². The van der Waals surface area contributed by atoms with Crippen molar-refractivity contribution in [2.75, 3.05) is 6.61 Å². The number of benzene rings is 1. The van der Waals surface area contributed by atoms with Gasteiger partial charge in [-0.2, -0.15) is 0 Å². The summed E-state index contributed by atoms with van der Waals surface area (Å²) < 4.78 is 16.1. The molecule has 0 aromatic heterocycles. The molecule has 2 aliphatic heterocycles. The molecule has 1 aromatic carbocycles. The number of ether oxygens (including phenoxy) is 3. The van der Waals surface area contributed by atoms with Gasteiger partial charge in [-0.3, -0.25) is 14.9 Å². The lowest BCUT2D eigenvalue weighted by Crippen LogP contribution is -2.51. The normalized spacial score (nSPS) is 19.7. The van der Waals surface area contributed by atoms with Gasteiger partial charge in [0, 0.05) is 6.42 Å². The van der Waals surface area contributed by atoms with Crippen LogP contribution in [0.1, 0.15) is 60.7 Å². The average molecular weight is 400 g/mol. The molecule has 1 aromatic rings. The van der Waals surface area contributed by atoms with E-state index in [0.29, 0.717) is 13.0 Å². The molecule has 8 heteroatoms. The zero-order valence-electron chi connectivity index (χ0n) is 16.7. The van der Waals surface area contributed by atoms with Crippen LogP contribution in [0.4, 0.5) is 4.79 Å². The van der Waals surface area contributed by atoms with Gasteiger partial charge in [0.1, 0.15) is 11.7 Å². The first-order valence-electron chi connectivity index (χ1n) is 9.50. The zero-order valence-corrected chi connectivity index (χ0v) is 16.7. The molecule has 0 spiro atoms. The van der Waals surface area contributed by atoms with Crippen molar-refractivity contribution in [2.24, 2.45) is 0 Å². The van der Waals surface area contributed by atoms with Gasteiger partial charge in [0.2, 0.25) is 6.29 Å². The van der Waals surface area contributed by atoms with Crippen molar-refractivity contribution in [3.63, 3.8) is 0 Å². The van der Waals surface area contributed by atoms with Crippen LogP contribution in [0.3, 0.4) is 0 Å². The highest BCUT2D eigenvalue weighted by molar-refractivity contribution is 6.21. The van der Waals surface area contributed by atoms with Crippen molar-refractivity contribution in [3.8, 4) is 12.0 Å². The third-order valence-electron chi connectivity index (χ3n) is 4.26. The Morgan fingerprint density at radius 1 is 1.21 bits per heavy atom. The summed E-state index contributed by atoms with van der Waals surface area (Å²) in [6.07, 6.45) is 2.58. The Balaban J connectivity index is 1.80. The molecule has 1 saturated heterocycles. The second-order valence-corrected chi connectivity index (χ2v) is 7.74. The number of carbonyl (C=O) groups excluding carboxylic acids is 3. The summed E-state index contributed by atoms with van der Waals surface area (Å²) in [5.41, 5.74) is -0.241. The van der Waals surface area contributed by atoms with E-state index in [-0.39, 0.29) is 11.1 Å². The topological polar surface area (TPSA) is 94.2 Å². The molecule has 1 N–H and O–H groups in total. The number of alkyl carbamates (subject to hydrolysis) is 1. The second-order valence-electron chi connectivity index (χ2n) is 7.74. The Kier molecular flexibility index (Phi) is 6.09. The fraction of sp³-hybridized carbons (Fsp3) is 0.476. The maximum atomic E-state index is 12.8. The molecule has 2 heterocycles. The van der Waals surface area contributed by atoms with E-state index in [4.69, 9.17) is 14.2 Å². The predicted octanol–water partition coefficient (Wildman–Crippen LogP) is 2.64. The molecule has 3 rings (SSSR count). The molecule has 0 aliphatic carbocycles. The number of hydrogen-bond acceptors (Lipinski definition) is 6. The Hall–Kier alpha value is -3.05. The first-order valence-corrected chi connectivity index (χ1v) is 9.50. The molecule has 2 atom stereocenters. The van der Waals surface area contributed by atoms with Gasteiger partial charge in [-0.1, -0.05) is 12.1 Å². The number of nitrogens with one attached hydrogen (secondary N) is 1. The van der Waals surface area contributed by atoms with Gasteiger partial charge in [-0.05, 0) is 51.7 Å². The maximum Gasteiger partial charge on any atom is 0.410 e. The summed E-state index contributed by atoms with van der Waals surface area (Å²) in [7, 11) is 0. The molecule has 0 radical (unpaired) electrons. The molecule has 1 unspecified atom stereocenters. The van der Waals surface area contributed by atoms with Crippen molar-refractivity contribution in [2.45, 2.75) is 58.1 Å². The summed E-state index contributed by atoms with van der Waals surface area (Å²) in [6.45, 7) is 5.71. The number of amides is 3. The Morgan fingerprint density at radius 2 is 1.86 bits per heavy atom. The highest BCUT2D eigenvalue weighted by Crippen LogP contribution is 2.24. The van der Waals surface area contributed by atoms with Crippen molar-refractivity contribution < 1.29 is 28.6 Å². The maximum absolute atomic E-state index is 12.8. The lowest BCUT2D eigenvalue weighted by Gasteiger charge is -2.25. The van der Waals surface area contributed by atoms with Gasteiger partial charge in [0.15, 0.2) is 6.17 Å². The number of carbonyl (C=O) groups is 3. The summed E-state index contributed by atoms with van der Waals surface area (Å²) in [4.78, 5) is 38.7. The van der Waals surface area contributed by atoms with Crippen molar-refractivity contribution >= 4 is 17.9 Å². The largest absolute Gasteiger partial charge is 0.444 e. The van der Waals surface area contributed by atoms with E-state index in [1.54, 1.807) is 45.0 Å². The van der Waals surface area contributed by atoms with Gasteiger partial charge < -0.3 is 14.2 Å². The molecule has 8 nitrogen and oxygen atoms in total. The number of fused-ring (bicyclic) bond motifs is 1. The third kappa shape index (κ3) is 5.06. The minimum atomic E-state index is -1.25. The van der Waals surface area contributed by atoms with E-state index in [2.05, 4.69) is 17.3 Å². The van der Waals surface area contributed by atoms with Crippen LogP contribution in [-0.2, 0) is 14.2 Å². The number of imide groups is 1. The van der Waals surface area contributed by atoms with Crippen molar-refractivity contribution in [1.29, 1.82) is 0 Å². The molecule has 2 aliphatic rings. The monoisotopic (exact) mass is 400 g/mol. The molecule has 29 heavy (non-hydrogen) atoms. The average Bonchev–Trinajstić information content (AvgIpc) is 2.91. The summed E-state index contributed by atoms with van der Waals surface area (Å²) in [5, 5.41) is 2.48. The Morgan fingerprint density at radius 3 is 2.41 bits per heavy atom. The Labute approximate surface area is 169 Å². The van der Waals surface area contributed by atoms with E-state index in [0.717, 1.165) is 17.7 Å².